The highest BCUT2D eigenvalue weighted by Crippen LogP contribution is 2.19. The molecule has 6 nitrogen and oxygen atoms in total. The van der Waals surface area contributed by atoms with Gasteiger partial charge in [-0.2, -0.15) is 10.2 Å². The zero-order valence-electron chi connectivity index (χ0n) is 16.1. The maximum Gasteiger partial charge on any atom is 0.265 e. The van der Waals surface area contributed by atoms with E-state index in [4.69, 9.17) is 11.6 Å². The van der Waals surface area contributed by atoms with Crippen molar-refractivity contribution in [1.82, 2.24) is 19.6 Å². The second-order valence-corrected chi connectivity index (χ2v) is 8.26. The molecule has 1 amide bonds. The Hall–Kier alpha value is -2.90. The molecule has 0 saturated carbocycles. The molecule has 1 aromatic carbocycles. The smallest absolute Gasteiger partial charge is 0.265 e. The third kappa shape index (κ3) is 4.75. The van der Waals surface area contributed by atoms with Crippen molar-refractivity contribution >= 4 is 34.5 Å². The van der Waals surface area contributed by atoms with Crippen molar-refractivity contribution in [3.8, 4) is 0 Å². The van der Waals surface area contributed by atoms with Crippen LogP contribution in [0.3, 0.4) is 0 Å². The molecule has 0 fully saturated rings. The molecule has 0 aliphatic carbocycles. The summed E-state index contributed by atoms with van der Waals surface area (Å²) >= 11 is 7.31. The van der Waals surface area contributed by atoms with Crippen LogP contribution in [0.15, 0.2) is 54.2 Å². The molecule has 0 atom stereocenters. The van der Waals surface area contributed by atoms with E-state index in [1.807, 2.05) is 54.2 Å². The van der Waals surface area contributed by atoms with Gasteiger partial charge in [0, 0.05) is 17.6 Å². The zero-order valence-corrected chi connectivity index (χ0v) is 17.7. The molecule has 4 aromatic rings. The van der Waals surface area contributed by atoms with Gasteiger partial charge in [0.15, 0.2) is 0 Å². The number of aryl methyl sites for hydroxylation is 2. The van der Waals surface area contributed by atoms with E-state index in [-0.39, 0.29) is 5.91 Å². The fraction of sp³-hybridized carbons (Fsp3) is 0.190. The van der Waals surface area contributed by atoms with Gasteiger partial charge < -0.3 is 5.32 Å². The average molecular weight is 426 g/mol. The van der Waals surface area contributed by atoms with Gasteiger partial charge in [0.25, 0.3) is 5.91 Å². The van der Waals surface area contributed by atoms with Crippen LogP contribution < -0.4 is 5.32 Å². The van der Waals surface area contributed by atoms with Crippen molar-refractivity contribution in [2.45, 2.75) is 26.9 Å². The highest BCUT2D eigenvalue weighted by Gasteiger charge is 2.11. The molecule has 0 radical (unpaired) electrons. The van der Waals surface area contributed by atoms with Crippen LogP contribution >= 0.6 is 22.9 Å². The Labute approximate surface area is 177 Å². The molecule has 0 unspecified atom stereocenters. The Morgan fingerprint density at radius 2 is 2.03 bits per heavy atom. The van der Waals surface area contributed by atoms with Crippen LogP contribution in [0.25, 0.3) is 0 Å². The van der Waals surface area contributed by atoms with E-state index >= 15 is 0 Å². The molecule has 4 rings (SSSR count). The van der Waals surface area contributed by atoms with E-state index in [0.717, 1.165) is 28.2 Å². The Balaban J connectivity index is 1.42. The minimum Gasteiger partial charge on any atom is -0.321 e. The van der Waals surface area contributed by atoms with Crippen molar-refractivity contribution in [1.29, 1.82) is 0 Å². The third-order valence-electron chi connectivity index (χ3n) is 4.44. The van der Waals surface area contributed by atoms with Gasteiger partial charge in [0.05, 0.1) is 34.9 Å². The fourth-order valence-corrected chi connectivity index (χ4v) is 4.09. The maximum atomic E-state index is 12.6. The number of aromatic nitrogens is 4. The van der Waals surface area contributed by atoms with Crippen molar-refractivity contribution in [3.05, 3.63) is 86.6 Å². The number of nitrogens with zero attached hydrogens (tertiary/aromatic N) is 4. The van der Waals surface area contributed by atoms with Gasteiger partial charge in [-0.15, -0.1) is 11.3 Å². The summed E-state index contributed by atoms with van der Waals surface area (Å²) in [4.78, 5) is 13.3. The van der Waals surface area contributed by atoms with E-state index in [2.05, 4.69) is 21.6 Å². The first-order valence-corrected chi connectivity index (χ1v) is 10.4. The first-order chi connectivity index (χ1) is 14.0. The van der Waals surface area contributed by atoms with E-state index in [1.165, 1.54) is 11.3 Å². The predicted octanol–water partition coefficient (Wildman–Crippen LogP) is 4.76. The van der Waals surface area contributed by atoms with Crippen LogP contribution in [0.2, 0.25) is 5.02 Å². The Morgan fingerprint density at radius 3 is 2.76 bits per heavy atom. The molecule has 0 aliphatic heterocycles. The summed E-state index contributed by atoms with van der Waals surface area (Å²) in [7, 11) is 0. The first-order valence-electron chi connectivity index (χ1n) is 9.13. The molecule has 29 heavy (non-hydrogen) atoms. The second-order valence-electron chi connectivity index (χ2n) is 6.91. The highest BCUT2D eigenvalue weighted by molar-refractivity contribution is 7.12. The molecule has 0 aliphatic rings. The summed E-state index contributed by atoms with van der Waals surface area (Å²) in [5.74, 6) is -0.122. The Morgan fingerprint density at radius 1 is 1.17 bits per heavy atom. The van der Waals surface area contributed by atoms with E-state index in [9.17, 15) is 4.79 Å². The fourth-order valence-electron chi connectivity index (χ4n) is 3.14. The van der Waals surface area contributed by atoms with Gasteiger partial charge in [0.1, 0.15) is 0 Å². The first kappa shape index (κ1) is 19.4. The average Bonchev–Trinajstić information content (AvgIpc) is 3.37. The zero-order chi connectivity index (χ0) is 20.4. The van der Waals surface area contributed by atoms with E-state index < -0.39 is 0 Å². The lowest BCUT2D eigenvalue weighted by Crippen LogP contribution is -2.11. The van der Waals surface area contributed by atoms with Gasteiger partial charge in [-0.3, -0.25) is 14.2 Å². The Bertz CT molecular complexity index is 1160. The van der Waals surface area contributed by atoms with Gasteiger partial charge >= 0.3 is 0 Å². The molecular weight excluding hydrogens is 406 g/mol. The van der Waals surface area contributed by atoms with Crippen LogP contribution in [-0.2, 0) is 13.1 Å². The number of anilines is 1. The van der Waals surface area contributed by atoms with Crippen LogP contribution in [0.1, 0.15) is 32.2 Å². The number of carbonyl (C=O) groups excluding carboxylic acids is 1. The van der Waals surface area contributed by atoms with Gasteiger partial charge in [-0.05, 0) is 54.6 Å². The number of amides is 1. The molecule has 3 heterocycles. The predicted molar refractivity (Wildman–Crippen MR) is 116 cm³/mol. The molecule has 0 spiro atoms. The summed E-state index contributed by atoms with van der Waals surface area (Å²) in [6.07, 6.45) is 3.36. The Kier molecular flexibility index (Phi) is 5.51. The van der Waals surface area contributed by atoms with E-state index in [1.54, 1.807) is 17.1 Å². The lowest BCUT2D eigenvalue weighted by molar-refractivity contribution is 0.103. The molecular formula is C21H20ClN5OS. The molecule has 3 aromatic heterocycles. The number of rotatable bonds is 6. The molecule has 0 saturated heterocycles. The SMILES string of the molecule is Cc1cc(C)n(Cc2cccc(NC(=O)c3cc(Cn4cc(Cl)cn4)cs3)c2)n1. The van der Waals surface area contributed by atoms with Crippen LogP contribution in [0.4, 0.5) is 5.69 Å². The number of hydrogen-bond acceptors (Lipinski definition) is 4. The summed E-state index contributed by atoms with van der Waals surface area (Å²) in [5.41, 5.74) is 4.97. The lowest BCUT2D eigenvalue weighted by Gasteiger charge is -2.08. The number of thiophene rings is 1. The summed E-state index contributed by atoms with van der Waals surface area (Å²) < 4.78 is 3.71. The van der Waals surface area contributed by atoms with Crippen LogP contribution in [-0.4, -0.2) is 25.5 Å². The highest BCUT2D eigenvalue weighted by atomic mass is 35.5. The minimum absolute atomic E-state index is 0.122. The third-order valence-corrected chi connectivity index (χ3v) is 5.62. The molecule has 0 bridgehead atoms. The van der Waals surface area contributed by atoms with Crippen molar-refractivity contribution in [2.24, 2.45) is 0 Å². The molecule has 1 N–H and O–H groups in total. The van der Waals surface area contributed by atoms with Crippen molar-refractivity contribution < 1.29 is 4.79 Å². The maximum absolute atomic E-state index is 12.6. The second kappa shape index (κ2) is 8.23. The van der Waals surface area contributed by atoms with Crippen molar-refractivity contribution in [2.75, 3.05) is 5.32 Å². The summed E-state index contributed by atoms with van der Waals surface area (Å²) in [6, 6.07) is 11.8. The van der Waals surface area contributed by atoms with Crippen LogP contribution in [0, 0.1) is 13.8 Å². The molecule has 148 valence electrons. The molecule has 8 heteroatoms. The van der Waals surface area contributed by atoms with E-state index in [0.29, 0.717) is 23.0 Å². The van der Waals surface area contributed by atoms with Crippen molar-refractivity contribution in [3.63, 3.8) is 0 Å². The standard InChI is InChI=1S/C21H20ClN5OS/c1-14-6-15(2)27(25-14)11-16-4-3-5-19(7-16)24-21(28)20-8-17(13-29-20)10-26-12-18(22)9-23-26/h3-9,12-13H,10-11H2,1-2H3,(H,24,28). The number of carbonyl (C=O) groups is 1. The summed E-state index contributed by atoms with van der Waals surface area (Å²) in [5, 5.41) is 14.2. The number of halogens is 1. The number of benzene rings is 1. The minimum atomic E-state index is -0.122. The topological polar surface area (TPSA) is 64.7 Å². The monoisotopic (exact) mass is 425 g/mol. The summed E-state index contributed by atoms with van der Waals surface area (Å²) in [6.45, 7) is 5.27. The largest absolute Gasteiger partial charge is 0.321 e. The quantitative estimate of drug-likeness (QED) is 0.484. The lowest BCUT2D eigenvalue weighted by atomic mass is 10.2. The van der Waals surface area contributed by atoms with Gasteiger partial charge in [-0.25, -0.2) is 0 Å². The van der Waals surface area contributed by atoms with Gasteiger partial charge in [0.2, 0.25) is 0 Å². The van der Waals surface area contributed by atoms with Crippen LogP contribution in [0.5, 0.6) is 0 Å². The number of nitrogens with one attached hydrogen (secondary N) is 1. The normalized spacial score (nSPS) is 11.0. The van der Waals surface area contributed by atoms with Gasteiger partial charge in [-0.1, -0.05) is 23.7 Å². The number of hydrogen-bond donors (Lipinski definition) is 1.